The van der Waals surface area contributed by atoms with E-state index in [1.165, 1.54) is 23.3 Å². The van der Waals surface area contributed by atoms with Gasteiger partial charge in [0.25, 0.3) is 5.91 Å². The molecule has 1 atom stereocenters. The van der Waals surface area contributed by atoms with Gasteiger partial charge in [0, 0.05) is 31.2 Å². The van der Waals surface area contributed by atoms with Crippen LogP contribution in [0.4, 0.5) is 0 Å². The second kappa shape index (κ2) is 7.24. The molecule has 0 saturated carbocycles. The Bertz CT molecular complexity index is 748. The molecule has 1 aliphatic heterocycles. The van der Waals surface area contributed by atoms with Crippen LogP contribution in [-0.2, 0) is 13.0 Å². The number of amides is 1. The second-order valence-corrected chi connectivity index (χ2v) is 6.62. The molecule has 1 unspecified atom stereocenters. The molecule has 126 valence electrons. The van der Waals surface area contributed by atoms with Gasteiger partial charge in [-0.25, -0.2) is 0 Å². The molecule has 24 heavy (non-hydrogen) atoms. The number of rotatable bonds is 4. The Hall–Kier alpha value is -2.04. The molecule has 3 rings (SSSR count). The van der Waals surface area contributed by atoms with Crippen LogP contribution in [0.2, 0.25) is 5.02 Å². The van der Waals surface area contributed by atoms with Crippen molar-refractivity contribution in [2.24, 2.45) is 0 Å². The number of nitrogens with zero attached hydrogens (tertiary/aromatic N) is 1. The molecule has 1 amide bonds. The maximum atomic E-state index is 12.2. The van der Waals surface area contributed by atoms with Crippen molar-refractivity contribution in [3.63, 3.8) is 0 Å². The summed E-state index contributed by atoms with van der Waals surface area (Å²) in [5, 5.41) is 12.6. The molecule has 0 spiro atoms. The van der Waals surface area contributed by atoms with Crippen LogP contribution in [0.15, 0.2) is 42.5 Å². The summed E-state index contributed by atoms with van der Waals surface area (Å²) in [6, 6.07) is 13.2. The average Bonchev–Trinajstić information content (AvgIpc) is 2.61. The molecule has 1 heterocycles. The van der Waals surface area contributed by atoms with E-state index < -0.39 is 0 Å². The third-order valence-corrected chi connectivity index (χ3v) is 4.85. The first-order valence-electron chi connectivity index (χ1n) is 8.12. The van der Waals surface area contributed by atoms with E-state index in [0.717, 1.165) is 19.5 Å². The van der Waals surface area contributed by atoms with Crippen LogP contribution in [-0.4, -0.2) is 35.0 Å². The van der Waals surface area contributed by atoms with Gasteiger partial charge >= 0.3 is 0 Å². The summed E-state index contributed by atoms with van der Waals surface area (Å²) >= 11 is 5.85. The minimum atomic E-state index is -0.179. The van der Waals surface area contributed by atoms with Gasteiger partial charge in [0.15, 0.2) is 0 Å². The van der Waals surface area contributed by atoms with Gasteiger partial charge in [-0.2, -0.15) is 0 Å². The summed E-state index contributed by atoms with van der Waals surface area (Å²) in [5.74, 6) is -0.199. The van der Waals surface area contributed by atoms with Crippen molar-refractivity contribution in [3.05, 3.63) is 64.2 Å². The third kappa shape index (κ3) is 3.71. The molecule has 2 aromatic carbocycles. The predicted molar refractivity (Wildman–Crippen MR) is 95.5 cm³/mol. The van der Waals surface area contributed by atoms with E-state index in [1.54, 1.807) is 6.07 Å². The number of carbonyl (C=O) groups is 1. The van der Waals surface area contributed by atoms with Crippen molar-refractivity contribution < 1.29 is 9.90 Å². The maximum absolute atomic E-state index is 12.2. The van der Waals surface area contributed by atoms with E-state index in [2.05, 4.69) is 41.4 Å². The van der Waals surface area contributed by atoms with Crippen LogP contribution in [0.1, 0.15) is 28.4 Å². The van der Waals surface area contributed by atoms with E-state index in [1.807, 2.05) is 0 Å². The number of benzene rings is 2. The Morgan fingerprint density at radius 1 is 1.29 bits per heavy atom. The molecule has 5 heteroatoms. The number of nitrogens with one attached hydrogen (secondary N) is 1. The largest absolute Gasteiger partial charge is 0.506 e. The fourth-order valence-electron chi connectivity index (χ4n) is 3.01. The van der Waals surface area contributed by atoms with Gasteiger partial charge in [-0.3, -0.25) is 9.69 Å². The number of fused-ring (bicyclic) bond motifs is 1. The minimum absolute atomic E-state index is 0.0198. The van der Waals surface area contributed by atoms with Gasteiger partial charge in [-0.1, -0.05) is 35.9 Å². The maximum Gasteiger partial charge on any atom is 0.251 e. The normalized spacial score (nSPS) is 15.6. The van der Waals surface area contributed by atoms with Crippen LogP contribution in [0.25, 0.3) is 0 Å². The molecule has 1 aliphatic rings. The molecule has 4 nitrogen and oxygen atoms in total. The Labute approximate surface area is 147 Å². The summed E-state index contributed by atoms with van der Waals surface area (Å²) in [5.41, 5.74) is 3.24. The van der Waals surface area contributed by atoms with Gasteiger partial charge in [-0.05, 0) is 42.7 Å². The summed E-state index contributed by atoms with van der Waals surface area (Å²) in [6.45, 7) is 4.61. The van der Waals surface area contributed by atoms with Gasteiger partial charge in [0.05, 0.1) is 5.02 Å². The van der Waals surface area contributed by atoms with Gasteiger partial charge in [-0.15, -0.1) is 0 Å². The van der Waals surface area contributed by atoms with E-state index in [9.17, 15) is 9.90 Å². The highest BCUT2D eigenvalue weighted by Crippen LogP contribution is 2.23. The van der Waals surface area contributed by atoms with E-state index in [-0.39, 0.29) is 22.7 Å². The van der Waals surface area contributed by atoms with Crippen molar-refractivity contribution in [2.45, 2.75) is 25.9 Å². The lowest BCUT2D eigenvalue weighted by Crippen LogP contribution is -2.44. The zero-order valence-corrected chi connectivity index (χ0v) is 14.4. The predicted octanol–water partition coefficient (Wildman–Crippen LogP) is 3.22. The Morgan fingerprint density at radius 2 is 2.04 bits per heavy atom. The van der Waals surface area contributed by atoms with Crippen molar-refractivity contribution in [3.8, 4) is 5.75 Å². The van der Waals surface area contributed by atoms with Crippen LogP contribution in [0, 0.1) is 0 Å². The lowest BCUT2D eigenvalue weighted by atomic mass is 9.99. The SMILES string of the molecule is CC(CNC(=O)c1ccc(O)c(Cl)c1)N1CCc2ccccc2C1. The zero-order valence-electron chi connectivity index (χ0n) is 13.6. The van der Waals surface area contributed by atoms with Crippen LogP contribution in [0.5, 0.6) is 5.75 Å². The average molecular weight is 345 g/mol. The highest BCUT2D eigenvalue weighted by atomic mass is 35.5. The number of phenols is 1. The zero-order chi connectivity index (χ0) is 17.1. The third-order valence-electron chi connectivity index (χ3n) is 4.55. The van der Waals surface area contributed by atoms with Crippen LogP contribution in [0.3, 0.4) is 0 Å². The highest BCUT2D eigenvalue weighted by molar-refractivity contribution is 6.32. The fourth-order valence-corrected chi connectivity index (χ4v) is 3.19. The topological polar surface area (TPSA) is 52.6 Å². The highest BCUT2D eigenvalue weighted by Gasteiger charge is 2.20. The number of aromatic hydroxyl groups is 1. The number of hydrogen-bond acceptors (Lipinski definition) is 3. The Balaban J connectivity index is 1.57. The van der Waals surface area contributed by atoms with Gasteiger partial charge in [0.2, 0.25) is 0 Å². The van der Waals surface area contributed by atoms with Gasteiger partial charge < -0.3 is 10.4 Å². The molecule has 0 aromatic heterocycles. The smallest absolute Gasteiger partial charge is 0.251 e. The lowest BCUT2D eigenvalue weighted by molar-refractivity contribution is 0.0932. The molecule has 2 N–H and O–H groups in total. The summed E-state index contributed by atoms with van der Waals surface area (Å²) in [7, 11) is 0. The summed E-state index contributed by atoms with van der Waals surface area (Å²) in [4.78, 5) is 14.6. The molecule has 0 saturated heterocycles. The number of phenolic OH excluding ortho intramolecular Hbond substituents is 1. The first kappa shape index (κ1) is 16.8. The number of hydrogen-bond donors (Lipinski definition) is 2. The van der Waals surface area contributed by atoms with E-state index in [0.29, 0.717) is 12.1 Å². The monoisotopic (exact) mass is 344 g/mol. The Morgan fingerprint density at radius 3 is 2.79 bits per heavy atom. The van der Waals surface area contributed by atoms with E-state index in [4.69, 9.17) is 11.6 Å². The van der Waals surface area contributed by atoms with Crippen molar-refractivity contribution >= 4 is 17.5 Å². The van der Waals surface area contributed by atoms with Crippen molar-refractivity contribution in [1.82, 2.24) is 10.2 Å². The molecular formula is C19H21ClN2O2. The molecular weight excluding hydrogens is 324 g/mol. The standard InChI is InChI=1S/C19H21ClN2O2/c1-13(22-9-8-14-4-2-3-5-16(14)12-22)11-21-19(24)15-6-7-18(23)17(20)10-15/h2-7,10,13,23H,8-9,11-12H2,1H3,(H,21,24). The Kier molecular flexibility index (Phi) is 5.07. The first-order chi connectivity index (χ1) is 11.5. The lowest BCUT2D eigenvalue weighted by Gasteiger charge is -2.33. The molecule has 0 bridgehead atoms. The quantitative estimate of drug-likeness (QED) is 0.895. The van der Waals surface area contributed by atoms with Crippen LogP contribution < -0.4 is 5.32 Å². The van der Waals surface area contributed by atoms with Crippen LogP contribution >= 0.6 is 11.6 Å². The summed E-state index contributed by atoms with van der Waals surface area (Å²) < 4.78 is 0. The van der Waals surface area contributed by atoms with Gasteiger partial charge in [0.1, 0.15) is 5.75 Å². The number of halogens is 1. The molecule has 0 radical (unpaired) electrons. The fraction of sp³-hybridized carbons (Fsp3) is 0.316. The second-order valence-electron chi connectivity index (χ2n) is 6.21. The van der Waals surface area contributed by atoms with E-state index >= 15 is 0 Å². The van der Waals surface area contributed by atoms with Crippen molar-refractivity contribution in [2.75, 3.05) is 13.1 Å². The number of carbonyl (C=O) groups excluding carboxylic acids is 1. The first-order valence-corrected chi connectivity index (χ1v) is 8.50. The summed E-state index contributed by atoms with van der Waals surface area (Å²) in [6.07, 6.45) is 1.04. The molecule has 2 aromatic rings. The van der Waals surface area contributed by atoms with Crippen molar-refractivity contribution in [1.29, 1.82) is 0 Å². The minimum Gasteiger partial charge on any atom is -0.506 e. The molecule has 0 aliphatic carbocycles. The molecule has 0 fully saturated rings.